The minimum absolute atomic E-state index is 0.0373. The number of methoxy groups -OCH3 is 1. The lowest BCUT2D eigenvalue weighted by atomic mass is 9.91. The molecule has 2 aliphatic heterocycles. The normalized spacial score (nSPS) is 23.1. The molecule has 414 valence electrons. The molecule has 2 aliphatic rings. The van der Waals surface area contributed by atoms with Crippen LogP contribution in [0.2, 0.25) is 0 Å². The summed E-state index contributed by atoms with van der Waals surface area (Å²) in [6.45, 7) is -0.0990. The van der Waals surface area contributed by atoms with Gasteiger partial charge in [-0.2, -0.15) is 0 Å². The van der Waals surface area contributed by atoms with Gasteiger partial charge in [-0.25, -0.2) is 33.6 Å². The highest BCUT2D eigenvalue weighted by Crippen LogP contribution is 2.40. The van der Waals surface area contributed by atoms with E-state index >= 15 is 0 Å². The topological polar surface area (TPSA) is 221 Å². The van der Waals surface area contributed by atoms with Gasteiger partial charge in [0.2, 0.25) is 5.79 Å². The molecule has 2 heterocycles. The van der Waals surface area contributed by atoms with Crippen molar-refractivity contribution in [1.29, 1.82) is 0 Å². The summed E-state index contributed by atoms with van der Waals surface area (Å²) >= 11 is 0. The van der Waals surface area contributed by atoms with Crippen molar-refractivity contribution in [3.63, 3.8) is 0 Å². The Morgan fingerprint density at radius 2 is 0.654 bits per heavy atom. The first-order valence-corrected chi connectivity index (χ1v) is 25.7. The predicted molar refractivity (Wildman–Crippen MR) is 285 cm³/mol. The van der Waals surface area contributed by atoms with Crippen molar-refractivity contribution >= 4 is 41.8 Å². The molecule has 0 aromatic heterocycles. The second kappa shape index (κ2) is 26.5. The highest BCUT2D eigenvalue weighted by Gasteiger charge is 2.61. The van der Waals surface area contributed by atoms with Crippen molar-refractivity contribution in [3.8, 4) is 0 Å². The van der Waals surface area contributed by atoms with E-state index in [-0.39, 0.29) is 38.9 Å². The first kappa shape index (κ1) is 56.4. The predicted octanol–water partition coefficient (Wildman–Crippen LogP) is 8.70. The van der Waals surface area contributed by atoms with Crippen molar-refractivity contribution in [2.45, 2.75) is 67.8 Å². The lowest BCUT2D eigenvalue weighted by Crippen LogP contribution is -2.69. The summed E-state index contributed by atoms with van der Waals surface area (Å²) in [5.41, 5.74) is 0.567. The van der Waals surface area contributed by atoms with Crippen molar-refractivity contribution in [1.82, 2.24) is 0 Å². The molecule has 81 heavy (non-hydrogen) atoms. The molecule has 0 aliphatic carbocycles. The standard InChI is InChI=1S/C63H54O18/c1-63(73-39-47-49(75-56(65)41-26-12-4-13-27-41)51(77-58(67)43-30-16-6-17-31-43)53(62(71-2)74-47)79-60(69)45-34-20-8-21-35-45)54(80-61(70)46-36-22-9-23-37-46)52(78-59(68)44-32-18-7-19-33-44)50(76-57(66)42-28-14-5-15-29-42)48(81-63)38-72-55(64)40-24-10-3-11-25-40/h3-37,47-54,62H,38-39H2,1-2H3/t47-,48-,49-,50-,51+,52+,53-,54-,62+,63+/m1/s1. The Kier molecular flexibility index (Phi) is 18.5. The largest absolute Gasteiger partial charge is 0.459 e. The van der Waals surface area contributed by atoms with Crippen LogP contribution in [0.15, 0.2) is 212 Å². The fourth-order valence-corrected chi connectivity index (χ4v) is 9.06. The van der Waals surface area contributed by atoms with Crippen LogP contribution in [0.1, 0.15) is 79.4 Å². The van der Waals surface area contributed by atoms with Crippen LogP contribution >= 0.6 is 0 Å². The first-order valence-electron chi connectivity index (χ1n) is 25.7. The quantitative estimate of drug-likeness (QED) is 0.0546. The second-order valence-corrected chi connectivity index (χ2v) is 18.6. The molecular formula is C63H54O18. The van der Waals surface area contributed by atoms with E-state index < -0.39 is 116 Å². The summed E-state index contributed by atoms with van der Waals surface area (Å²) in [4.78, 5) is 99.2. The number of hydrogen-bond donors (Lipinski definition) is 0. The molecule has 18 heteroatoms. The van der Waals surface area contributed by atoms with Gasteiger partial charge < -0.3 is 52.1 Å². The Hall–Kier alpha value is -9.33. The summed E-state index contributed by atoms with van der Waals surface area (Å²) in [7, 11) is 1.24. The van der Waals surface area contributed by atoms with Crippen molar-refractivity contribution in [2.75, 3.05) is 20.3 Å². The summed E-state index contributed by atoms with van der Waals surface area (Å²) < 4.78 is 69.1. The Morgan fingerprint density at radius 3 is 1.01 bits per heavy atom. The minimum Gasteiger partial charge on any atom is -0.459 e. The van der Waals surface area contributed by atoms with E-state index in [9.17, 15) is 33.6 Å². The molecule has 0 radical (unpaired) electrons. The SMILES string of the molecule is CO[C@H]1O[C@H](CO[C@@]2(C)O[C@H](COC(=O)c3ccccc3)[C@@H](OC(=O)c3ccccc3)[C@H](OC(=O)c3ccccc3)[C@H]2OC(=O)c2ccccc2)[C@@H](OC(=O)c2ccccc2)[C@H](OC(=O)c2ccccc2)[C@H]1OC(=O)c1ccccc1. The van der Waals surface area contributed by atoms with E-state index in [0.717, 1.165) is 0 Å². The highest BCUT2D eigenvalue weighted by atomic mass is 16.8. The zero-order chi connectivity index (χ0) is 56.7. The number of esters is 7. The van der Waals surface area contributed by atoms with Crippen molar-refractivity contribution in [3.05, 3.63) is 251 Å². The number of benzene rings is 7. The third-order valence-electron chi connectivity index (χ3n) is 13.1. The van der Waals surface area contributed by atoms with Gasteiger partial charge in [0, 0.05) is 7.11 Å². The van der Waals surface area contributed by atoms with Crippen molar-refractivity contribution < 1.29 is 85.7 Å². The van der Waals surface area contributed by atoms with Gasteiger partial charge in [-0.1, -0.05) is 127 Å². The maximum Gasteiger partial charge on any atom is 0.338 e. The van der Waals surface area contributed by atoms with Crippen LogP contribution in [0.4, 0.5) is 0 Å². The Labute approximate surface area is 465 Å². The van der Waals surface area contributed by atoms with Crippen molar-refractivity contribution in [2.24, 2.45) is 0 Å². The van der Waals surface area contributed by atoms with Gasteiger partial charge in [-0.3, -0.25) is 0 Å². The highest BCUT2D eigenvalue weighted by molar-refractivity contribution is 5.93. The summed E-state index contributed by atoms with van der Waals surface area (Å²) in [6, 6.07) is 55.1. The fraction of sp³-hybridized carbons (Fsp3) is 0.222. The molecule has 9 rings (SSSR count). The third-order valence-corrected chi connectivity index (χ3v) is 13.1. The zero-order valence-electron chi connectivity index (χ0n) is 43.7. The first-order chi connectivity index (χ1) is 39.4. The van der Waals surface area contributed by atoms with Crippen LogP contribution in [0.25, 0.3) is 0 Å². The molecule has 0 bridgehead atoms. The van der Waals surface area contributed by atoms with Gasteiger partial charge in [0.05, 0.1) is 45.6 Å². The van der Waals surface area contributed by atoms with Crippen LogP contribution < -0.4 is 0 Å². The Balaban J connectivity index is 1.15. The summed E-state index contributed by atoms with van der Waals surface area (Å²) in [5, 5.41) is 0. The van der Waals surface area contributed by atoms with Crippen LogP contribution in [0, 0.1) is 0 Å². The van der Waals surface area contributed by atoms with E-state index in [1.54, 1.807) is 127 Å². The smallest absolute Gasteiger partial charge is 0.338 e. The van der Waals surface area contributed by atoms with Gasteiger partial charge in [-0.15, -0.1) is 0 Å². The number of carbonyl (C=O) groups excluding carboxylic acids is 7. The zero-order valence-corrected chi connectivity index (χ0v) is 43.7. The monoisotopic (exact) mass is 1100 g/mol. The minimum atomic E-state index is -2.36. The second-order valence-electron chi connectivity index (χ2n) is 18.6. The number of hydrogen-bond acceptors (Lipinski definition) is 18. The molecule has 18 nitrogen and oxygen atoms in total. The number of ether oxygens (including phenoxy) is 11. The van der Waals surface area contributed by atoms with Crippen LogP contribution in [0.3, 0.4) is 0 Å². The molecule has 10 atom stereocenters. The van der Waals surface area contributed by atoms with Crippen LogP contribution in [0.5, 0.6) is 0 Å². The average Bonchev–Trinajstić information content (AvgIpc) is 3.57. The summed E-state index contributed by atoms with van der Waals surface area (Å²) in [6.07, 6.45) is -15.3. The van der Waals surface area contributed by atoms with E-state index in [2.05, 4.69) is 0 Å². The molecule has 0 saturated carbocycles. The van der Waals surface area contributed by atoms with Gasteiger partial charge >= 0.3 is 41.8 Å². The van der Waals surface area contributed by atoms with Crippen LogP contribution in [-0.2, 0) is 52.1 Å². The Bertz CT molecular complexity index is 3240. The molecular weight excluding hydrogens is 1040 g/mol. The lowest BCUT2D eigenvalue weighted by molar-refractivity contribution is -0.366. The molecule has 7 aromatic rings. The summed E-state index contributed by atoms with van der Waals surface area (Å²) in [5.74, 6) is -8.75. The molecule has 0 amide bonds. The van der Waals surface area contributed by atoms with Gasteiger partial charge in [0.15, 0.2) is 42.9 Å². The average molecular weight is 1100 g/mol. The number of carbonyl (C=O) groups is 7. The lowest BCUT2D eigenvalue weighted by Gasteiger charge is -2.50. The van der Waals surface area contributed by atoms with E-state index in [4.69, 9.17) is 52.1 Å². The maximum absolute atomic E-state index is 14.5. The molecule has 2 saturated heterocycles. The third kappa shape index (κ3) is 13.9. The van der Waals surface area contributed by atoms with E-state index in [0.29, 0.717) is 0 Å². The fourth-order valence-electron chi connectivity index (χ4n) is 9.06. The van der Waals surface area contributed by atoms with Gasteiger partial charge in [0.25, 0.3) is 0 Å². The molecule has 0 spiro atoms. The molecule has 0 N–H and O–H groups in total. The number of rotatable bonds is 19. The Morgan fingerprint density at radius 1 is 0.358 bits per heavy atom. The maximum atomic E-state index is 14.5. The van der Waals surface area contributed by atoms with Gasteiger partial charge in [-0.05, 0) is 91.9 Å². The van der Waals surface area contributed by atoms with E-state index in [1.165, 1.54) is 99.0 Å². The molecule has 2 fully saturated rings. The van der Waals surface area contributed by atoms with E-state index in [1.807, 2.05) is 0 Å². The van der Waals surface area contributed by atoms with Gasteiger partial charge in [0.1, 0.15) is 18.8 Å². The molecule has 0 unspecified atom stereocenters. The molecule has 7 aromatic carbocycles. The van der Waals surface area contributed by atoms with Crippen LogP contribution in [-0.4, -0.2) is 123 Å².